The smallest absolute Gasteiger partial charge is 0.262 e. The van der Waals surface area contributed by atoms with Gasteiger partial charge >= 0.3 is 0 Å². The lowest BCUT2D eigenvalue weighted by Crippen LogP contribution is -2.54. The Labute approximate surface area is 346 Å². The van der Waals surface area contributed by atoms with Gasteiger partial charge in [-0.3, -0.25) is 34.2 Å². The highest BCUT2D eigenvalue weighted by molar-refractivity contribution is 6.23. The second kappa shape index (κ2) is 16.6. The second-order valence-corrected chi connectivity index (χ2v) is 15.9. The quantitative estimate of drug-likeness (QED) is 0.188. The number of nitrogens with zero attached hydrogens (tertiary/aromatic N) is 7. The fourth-order valence-corrected chi connectivity index (χ4v) is 8.95. The van der Waals surface area contributed by atoms with Crippen LogP contribution in [-0.4, -0.2) is 112 Å². The molecule has 16 heteroatoms. The van der Waals surface area contributed by atoms with Crippen LogP contribution in [0, 0.1) is 5.82 Å². The molecule has 2 aromatic carbocycles. The first kappa shape index (κ1) is 38.9. The van der Waals surface area contributed by atoms with Gasteiger partial charge in [-0.15, -0.1) is 0 Å². The molecule has 9 rings (SSSR count). The van der Waals surface area contributed by atoms with Crippen LogP contribution in [0.15, 0.2) is 84.1 Å². The predicted molar refractivity (Wildman–Crippen MR) is 221 cm³/mol. The summed E-state index contributed by atoms with van der Waals surface area (Å²) in [6, 6.07) is 16.9. The molecule has 6 aliphatic rings. The number of carbonyl (C=O) groups is 5. The number of likely N-dealkylation sites (tertiary alicyclic amines) is 1. The Morgan fingerprint density at radius 1 is 0.867 bits per heavy atom. The maximum absolute atomic E-state index is 14.1. The maximum Gasteiger partial charge on any atom is 0.262 e. The Kier molecular flexibility index (Phi) is 10.8. The molecule has 0 spiro atoms. The third-order valence-corrected chi connectivity index (χ3v) is 12.1. The summed E-state index contributed by atoms with van der Waals surface area (Å²) < 4.78 is 14.1. The standard InChI is InChI=1S/C44H47FN10O5/c45-29-8-4-7-28(25-29)34-10-6-20-53(34)39-17-16-37-47-27-36(55(37)50-39)33-9-5-11-38(48-33)51-21-23-52(24-22-51)41(57)12-2-1-3-19-46-30-13-14-31-32(26-30)44(60)54(43(31)59)35-15-18-40(56)49-42(35)58/h4-5,7-9,11,13-14,16-17,25-27,34-35,37,46-47H,1-3,6,10,12,15,18-24H2,(H,49,56,58)/t34-,35?,37?/m1/s1. The first-order chi connectivity index (χ1) is 29.2. The van der Waals surface area contributed by atoms with Crippen LogP contribution in [0.25, 0.3) is 5.70 Å². The number of halogens is 1. The molecule has 3 atom stereocenters. The molecule has 2 unspecified atom stereocenters. The third kappa shape index (κ3) is 7.69. The molecule has 3 fully saturated rings. The van der Waals surface area contributed by atoms with Gasteiger partial charge in [-0.25, -0.2) is 14.4 Å². The Balaban J connectivity index is 0.723. The van der Waals surface area contributed by atoms with Crippen LogP contribution in [0.5, 0.6) is 0 Å². The number of piperidine rings is 1. The van der Waals surface area contributed by atoms with Crippen molar-refractivity contribution in [3.63, 3.8) is 0 Å². The molecule has 3 aromatic rings. The molecule has 0 aliphatic carbocycles. The molecule has 15 nitrogen and oxygen atoms in total. The molecule has 5 amide bonds. The number of anilines is 2. The molecule has 0 bridgehead atoms. The summed E-state index contributed by atoms with van der Waals surface area (Å²) in [5.41, 5.74) is 3.80. The summed E-state index contributed by atoms with van der Waals surface area (Å²) in [5.74, 6) is -0.499. The van der Waals surface area contributed by atoms with Gasteiger partial charge in [-0.1, -0.05) is 24.6 Å². The summed E-state index contributed by atoms with van der Waals surface area (Å²) in [4.78, 5) is 75.6. The van der Waals surface area contributed by atoms with Crippen LogP contribution in [0.2, 0.25) is 0 Å². The predicted octanol–water partition coefficient (Wildman–Crippen LogP) is 4.19. The van der Waals surface area contributed by atoms with Crippen molar-refractivity contribution in [2.45, 2.75) is 69.6 Å². The van der Waals surface area contributed by atoms with E-state index in [9.17, 15) is 28.4 Å². The number of fused-ring (bicyclic) bond motifs is 2. The molecule has 60 heavy (non-hydrogen) atoms. The normalized spacial score (nSPS) is 22.4. The van der Waals surface area contributed by atoms with E-state index < -0.39 is 29.7 Å². The fraction of sp³-hybridized carbons (Fsp3) is 0.386. The number of amides is 5. The Morgan fingerprint density at radius 3 is 2.53 bits per heavy atom. The number of hydrogen-bond donors (Lipinski definition) is 3. The van der Waals surface area contributed by atoms with E-state index in [-0.39, 0.29) is 47.9 Å². The van der Waals surface area contributed by atoms with Crippen molar-refractivity contribution in [2.24, 2.45) is 5.10 Å². The van der Waals surface area contributed by atoms with E-state index in [0.717, 1.165) is 72.2 Å². The highest BCUT2D eigenvalue weighted by atomic mass is 19.1. The summed E-state index contributed by atoms with van der Waals surface area (Å²) in [6.07, 6.45) is 11.0. The molecule has 7 heterocycles. The van der Waals surface area contributed by atoms with Gasteiger partial charge in [0.05, 0.1) is 22.9 Å². The van der Waals surface area contributed by atoms with Gasteiger partial charge in [0.2, 0.25) is 17.7 Å². The minimum Gasteiger partial charge on any atom is -0.385 e. The molecule has 1 aromatic heterocycles. The molecule has 3 saturated heterocycles. The number of hydrogen-bond acceptors (Lipinski definition) is 12. The fourth-order valence-electron chi connectivity index (χ4n) is 8.95. The van der Waals surface area contributed by atoms with Crippen molar-refractivity contribution >= 4 is 52.6 Å². The van der Waals surface area contributed by atoms with E-state index >= 15 is 0 Å². The van der Waals surface area contributed by atoms with Gasteiger partial charge in [0.15, 0.2) is 0 Å². The summed E-state index contributed by atoms with van der Waals surface area (Å²) >= 11 is 0. The number of hydrazone groups is 1. The van der Waals surface area contributed by atoms with Crippen molar-refractivity contribution in [2.75, 3.05) is 49.5 Å². The number of nitrogens with one attached hydrogen (secondary N) is 3. The van der Waals surface area contributed by atoms with Crippen LogP contribution in [-0.2, 0) is 14.4 Å². The van der Waals surface area contributed by atoms with E-state index in [0.29, 0.717) is 44.8 Å². The van der Waals surface area contributed by atoms with Crippen LogP contribution in [0.3, 0.4) is 0 Å². The largest absolute Gasteiger partial charge is 0.385 e. The lowest BCUT2D eigenvalue weighted by atomic mass is 10.0. The van der Waals surface area contributed by atoms with Crippen molar-refractivity contribution in [3.8, 4) is 0 Å². The maximum atomic E-state index is 14.1. The highest BCUT2D eigenvalue weighted by Crippen LogP contribution is 2.36. The van der Waals surface area contributed by atoms with Gasteiger partial charge in [-0.2, -0.15) is 5.10 Å². The van der Waals surface area contributed by atoms with E-state index in [1.165, 1.54) is 6.07 Å². The zero-order valence-corrected chi connectivity index (χ0v) is 33.2. The number of rotatable bonds is 11. The molecule has 3 N–H and O–H groups in total. The van der Waals surface area contributed by atoms with Gasteiger partial charge in [0.1, 0.15) is 35.4 Å². The van der Waals surface area contributed by atoms with Crippen LogP contribution >= 0.6 is 0 Å². The number of benzene rings is 2. The SMILES string of the molecule is O=C1CCC(N2C(=O)c3ccc(NCCCCCC(=O)N4CCN(c5cccc(C6=CNC7C=CC(N8CCC[C@@H]8c8cccc(F)c8)=NN67)n5)CC4)cc3C2=O)C(=O)N1. The van der Waals surface area contributed by atoms with Crippen molar-refractivity contribution in [3.05, 3.63) is 107 Å². The molecule has 0 saturated carbocycles. The molecule has 310 valence electrons. The van der Waals surface area contributed by atoms with Crippen LogP contribution in [0.1, 0.15) is 89.4 Å². The first-order valence-corrected chi connectivity index (χ1v) is 20.9. The Morgan fingerprint density at radius 2 is 1.70 bits per heavy atom. The van der Waals surface area contributed by atoms with Crippen molar-refractivity contribution < 1.29 is 28.4 Å². The number of unbranched alkanes of at least 4 members (excludes halogenated alkanes) is 2. The van der Waals surface area contributed by atoms with Gasteiger partial charge < -0.3 is 25.3 Å². The number of piperazine rings is 1. The third-order valence-electron chi connectivity index (χ3n) is 12.1. The zero-order chi connectivity index (χ0) is 41.3. The summed E-state index contributed by atoms with van der Waals surface area (Å²) in [5, 5.41) is 16.0. The monoisotopic (exact) mass is 814 g/mol. The van der Waals surface area contributed by atoms with E-state index in [1.807, 2.05) is 46.5 Å². The van der Waals surface area contributed by atoms with Crippen molar-refractivity contribution in [1.82, 2.24) is 35.3 Å². The summed E-state index contributed by atoms with van der Waals surface area (Å²) in [6.45, 7) is 4.06. The summed E-state index contributed by atoms with van der Waals surface area (Å²) in [7, 11) is 0. The van der Waals surface area contributed by atoms with Gasteiger partial charge in [0.25, 0.3) is 11.8 Å². The molecule has 0 radical (unpaired) electrons. The van der Waals surface area contributed by atoms with Crippen LogP contribution < -0.4 is 20.9 Å². The Bertz CT molecular complexity index is 2320. The van der Waals surface area contributed by atoms with E-state index in [2.05, 4.69) is 31.8 Å². The van der Waals surface area contributed by atoms with Gasteiger partial charge in [0, 0.05) is 64.0 Å². The second-order valence-electron chi connectivity index (χ2n) is 15.9. The molecule has 6 aliphatic heterocycles. The average Bonchev–Trinajstić information content (AvgIpc) is 3.99. The van der Waals surface area contributed by atoms with E-state index in [4.69, 9.17) is 10.1 Å². The topological polar surface area (TPSA) is 163 Å². The van der Waals surface area contributed by atoms with E-state index in [1.54, 1.807) is 30.3 Å². The minimum absolute atomic E-state index is 0.0652. The highest BCUT2D eigenvalue weighted by Gasteiger charge is 2.44. The van der Waals surface area contributed by atoms with Gasteiger partial charge in [-0.05, 0) is 92.3 Å². The first-order valence-electron chi connectivity index (χ1n) is 20.9. The number of pyridine rings is 1. The average molecular weight is 815 g/mol. The molecular weight excluding hydrogens is 768 g/mol. The van der Waals surface area contributed by atoms with Crippen LogP contribution in [0.4, 0.5) is 15.9 Å². The Hall–Kier alpha value is -6.58. The lowest BCUT2D eigenvalue weighted by Gasteiger charge is -2.36. The number of amidine groups is 1. The number of imide groups is 2. The number of aromatic nitrogens is 1. The molecular formula is C44H47FN10O5. The number of carbonyl (C=O) groups excluding carboxylic acids is 5. The zero-order valence-electron chi connectivity index (χ0n) is 33.2. The minimum atomic E-state index is -0.997. The van der Waals surface area contributed by atoms with Crippen molar-refractivity contribution in [1.29, 1.82) is 0 Å². The lowest BCUT2D eigenvalue weighted by molar-refractivity contribution is -0.136.